The zero-order valence-corrected chi connectivity index (χ0v) is 6.35. The smallest absolute Gasteiger partial charge is 0.00921 e. The highest BCUT2D eigenvalue weighted by Gasteiger charge is 2.15. The molecule has 0 aromatic rings. The van der Waals surface area contributed by atoms with Crippen molar-refractivity contribution in [2.75, 3.05) is 0 Å². The van der Waals surface area contributed by atoms with Gasteiger partial charge in [0.1, 0.15) is 0 Å². The SMILES string of the molecule is CC1=C2CC=CC=C2CC1. The average Bonchev–Trinajstić information content (AvgIpc) is 2.34. The third kappa shape index (κ3) is 0.756. The first-order valence-corrected chi connectivity index (χ1v) is 3.92. The molecule has 0 atom stereocenters. The van der Waals surface area contributed by atoms with Gasteiger partial charge < -0.3 is 0 Å². The van der Waals surface area contributed by atoms with Crippen molar-refractivity contribution in [1.82, 2.24) is 0 Å². The van der Waals surface area contributed by atoms with Gasteiger partial charge >= 0.3 is 0 Å². The summed E-state index contributed by atoms with van der Waals surface area (Å²) in [6.45, 7) is 2.26. The molecule has 0 nitrogen and oxygen atoms in total. The average molecular weight is 132 g/mol. The fourth-order valence-electron chi connectivity index (χ4n) is 1.76. The van der Waals surface area contributed by atoms with Crippen molar-refractivity contribution in [2.45, 2.75) is 26.2 Å². The molecule has 0 spiro atoms. The van der Waals surface area contributed by atoms with Gasteiger partial charge in [-0.15, -0.1) is 0 Å². The van der Waals surface area contributed by atoms with E-state index in [0.29, 0.717) is 0 Å². The molecule has 0 saturated heterocycles. The zero-order chi connectivity index (χ0) is 6.97. The molecular formula is C10H12. The number of fused-ring (bicyclic) bond motifs is 1. The molecule has 2 rings (SSSR count). The molecule has 0 aliphatic heterocycles. The second kappa shape index (κ2) is 2.12. The maximum absolute atomic E-state index is 2.26. The number of allylic oxidation sites excluding steroid dienone is 6. The molecular weight excluding hydrogens is 120 g/mol. The lowest BCUT2D eigenvalue weighted by molar-refractivity contribution is 1.01. The van der Waals surface area contributed by atoms with Gasteiger partial charge in [0.15, 0.2) is 0 Å². The minimum Gasteiger partial charge on any atom is -0.0801 e. The molecule has 0 amide bonds. The van der Waals surface area contributed by atoms with Gasteiger partial charge in [0.05, 0.1) is 0 Å². The van der Waals surface area contributed by atoms with E-state index in [2.05, 4.69) is 25.2 Å². The van der Waals surface area contributed by atoms with Gasteiger partial charge in [-0.2, -0.15) is 0 Å². The largest absolute Gasteiger partial charge is 0.0801 e. The molecule has 10 heavy (non-hydrogen) atoms. The molecule has 0 heteroatoms. The van der Waals surface area contributed by atoms with Crippen molar-refractivity contribution in [3.05, 3.63) is 34.9 Å². The Balaban J connectivity index is 2.42. The first kappa shape index (κ1) is 5.96. The van der Waals surface area contributed by atoms with Crippen LogP contribution in [0.1, 0.15) is 26.2 Å². The monoisotopic (exact) mass is 132 g/mol. The van der Waals surface area contributed by atoms with E-state index >= 15 is 0 Å². The normalized spacial score (nSPS) is 23.1. The van der Waals surface area contributed by atoms with Crippen molar-refractivity contribution in [1.29, 1.82) is 0 Å². The van der Waals surface area contributed by atoms with Gasteiger partial charge in [0.2, 0.25) is 0 Å². The van der Waals surface area contributed by atoms with Crippen LogP contribution in [0.4, 0.5) is 0 Å². The van der Waals surface area contributed by atoms with Crippen LogP contribution in [-0.2, 0) is 0 Å². The van der Waals surface area contributed by atoms with Crippen LogP contribution in [0.15, 0.2) is 34.9 Å². The summed E-state index contributed by atoms with van der Waals surface area (Å²) in [6, 6.07) is 0. The van der Waals surface area contributed by atoms with Gasteiger partial charge in [-0.25, -0.2) is 0 Å². The standard InChI is InChI=1S/C10H12/c1-8-6-7-9-4-2-3-5-10(8)9/h2-4H,5-7H2,1H3. The Morgan fingerprint density at radius 1 is 1.30 bits per heavy atom. The van der Waals surface area contributed by atoms with Crippen LogP contribution in [0.25, 0.3) is 0 Å². The molecule has 0 aromatic carbocycles. The minimum atomic E-state index is 1.18. The third-order valence-corrected chi connectivity index (χ3v) is 2.43. The van der Waals surface area contributed by atoms with Gasteiger partial charge in [-0.1, -0.05) is 23.8 Å². The van der Waals surface area contributed by atoms with E-state index in [4.69, 9.17) is 0 Å². The molecule has 0 fully saturated rings. The van der Waals surface area contributed by atoms with Gasteiger partial charge in [-0.3, -0.25) is 0 Å². The predicted molar refractivity (Wildman–Crippen MR) is 43.8 cm³/mol. The molecule has 0 saturated carbocycles. The first-order valence-electron chi connectivity index (χ1n) is 3.92. The summed E-state index contributed by atoms with van der Waals surface area (Å²) >= 11 is 0. The maximum Gasteiger partial charge on any atom is -0.00921 e. The van der Waals surface area contributed by atoms with E-state index in [9.17, 15) is 0 Å². The molecule has 0 N–H and O–H groups in total. The van der Waals surface area contributed by atoms with Crippen molar-refractivity contribution in [2.24, 2.45) is 0 Å². The highest BCUT2D eigenvalue weighted by molar-refractivity contribution is 5.45. The molecule has 2 aliphatic rings. The van der Waals surface area contributed by atoms with Crippen LogP contribution in [0.3, 0.4) is 0 Å². The second-order valence-electron chi connectivity index (χ2n) is 3.08. The molecule has 0 unspecified atom stereocenters. The Hall–Kier alpha value is -0.780. The van der Waals surface area contributed by atoms with Gasteiger partial charge in [-0.05, 0) is 37.3 Å². The minimum absolute atomic E-state index is 1.18. The van der Waals surface area contributed by atoms with Crippen molar-refractivity contribution in [3.8, 4) is 0 Å². The first-order chi connectivity index (χ1) is 4.88. The maximum atomic E-state index is 2.26. The van der Waals surface area contributed by atoms with E-state index in [0.717, 1.165) is 0 Å². The highest BCUT2D eigenvalue weighted by Crippen LogP contribution is 2.35. The second-order valence-corrected chi connectivity index (χ2v) is 3.08. The van der Waals surface area contributed by atoms with E-state index in [1.54, 1.807) is 16.7 Å². The molecule has 0 bridgehead atoms. The van der Waals surface area contributed by atoms with E-state index in [-0.39, 0.29) is 0 Å². The highest BCUT2D eigenvalue weighted by atomic mass is 14.2. The summed E-state index contributed by atoms with van der Waals surface area (Å²) in [5, 5.41) is 0. The molecule has 2 aliphatic carbocycles. The Morgan fingerprint density at radius 3 is 3.00 bits per heavy atom. The van der Waals surface area contributed by atoms with Crippen LogP contribution in [0.5, 0.6) is 0 Å². The predicted octanol–water partition coefficient (Wildman–Crippen LogP) is 2.98. The quantitative estimate of drug-likeness (QED) is 0.475. The lowest BCUT2D eigenvalue weighted by Gasteiger charge is -2.06. The Kier molecular flexibility index (Phi) is 1.26. The van der Waals surface area contributed by atoms with Crippen LogP contribution in [-0.4, -0.2) is 0 Å². The summed E-state index contributed by atoms with van der Waals surface area (Å²) in [5.74, 6) is 0. The number of hydrogen-bond acceptors (Lipinski definition) is 0. The summed E-state index contributed by atoms with van der Waals surface area (Å²) in [6.07, 6.45) is 10.4. The molecule has 52 valence electrons. The van der Waals surface area contributed by atoms with Gasteiger partial charge in [0, 0.05) is 0 Å². The Labute approximate surface area is 61.9 Å². The Morgan fingerprint density at radius 2 is 2.20 bits per heavy atom. The summed E-state index contributed by atoms with van der Waals surface area (Å²) in [7, 11) is 0. The lowest BCUT2D eigenvalue weighted by atomic mass is 10.00. The van der Waals surface area contributed by atoms with E-state index in [1.165, 1.54) is 19.3 Å². The van der Waals surface area contributed by atoms with Gasteiger partial charge in [0.25, 0.3) is 0 Å². The van der Waals surface area contributed by atoms with Crippen molar-refractivity contribution >= 4 is 0 Å². The van der Waals surface area contributed by atoms with E-state index < -0.39 is 0 Å². The van der Waals surface area contributed by atoms with Crippen LogP contribution in [0.2, 0.25) is 0 Å². The van der Waals surface area contributed by atoms with E-state index in [1.807, 2.05) is 0 Å². The van der Waals surface area contributed by atoms with Crippen LogP contribution in [0, 0.1) is 0 Å². The Bertz CT molecular complexity index is 239. The zero-order valence-electron chi connectivity index (χ0n) is 6.35. The van der Waals surface area contributed by atoms with Crippen LogP contribution >= 0.6 is 0 Å². The molecule has 0 aromatic heterocycles. The number of hydrogen-bond donors (Lipinski definition) is 0. The van der Waals surface area contributed by atoms with Crippen molar-refractivity contribution in [3.63, 3.8) is 0 Å². The molecule has 0 heterocycles. The fraction of sp³-hybridized carbons (Fsp3) is 0.400. The summed E-state index contributed by atoms with van der Waals surface area (Å²) in [4.78, 5) is 0. The third-order valence-electron chi connectivity index (χ3n) is 2.43. The van der Waals surface area contributed by atoms with Crippen molar-refractivity contribution < 1.29 is 0 Å². The summed E-state index contributed by atoms with van der Waals surface area (Å²) in [5.41, 5.74) is 4.80. The van der Waals surface area contributed by atoms with Crippen LogP contribution < -0.4 is 0 Å². The lowest BCUT2D eigenvalue weighted by Crippen LogP contribution is -1.86. The fourth-order valence-corrected chi connectivity index (χ4v) is 1.76. The number of rotatable bonds is 0. The molecule has 0 radical (unpaired) electrons. The topological polar surface area (TPSA) is 0 Å². The summed E-state index contributed by atoms with van der Waals surface area (Å²) < 4.78 is 0.